The summed E-state index contributed by atoms with van der Waals surface area (Å²) < 4.78 is 6.36. The zero-order valence-corrected chi connectivity index (χ0v) is 15.5. The number of halogens is 1. The van der Waals surface area contributed by atoms with Crippen molar-refractivity contribution in [2.45, 2.75) is 38.8 Å². The summed E-state index contributed by atoms with van der Waals surface area (Å²) in [6, 6.07) is 4.87. The molecule has 1 heterocycles. The largest absolute Gasteiger partial charge is 0.443 e. The number of rotatable bonds is 2. The van der Waals surface area contributed by atoms with Gasteiger partial charge >= 0.3 is 6.09 Å². The molecule has 23 heavy (non-hydrogen) atoms. The van der Waals surface area contributed by atoms with E-state index in [2.05, 4.69) is 15.9 Å². The van der Waals surface area contributed by atoms with Crippen LogP contribution in [0, 0.1) is 0 Å². The topological polar surface area (TPSA) is 59.1 Å². The van der Waals surface area contributed by atoms with Crippen molar-refractivity contribution >= 4 is 33.6 Å². The van der Waals surface area contributed by atoms with Gasteiger partial charge in [-0.05, 0) is 44.5 Å². The molecule has 0 aliphatic carbocycles. The van der Waals surface area contributed by atoms with E-state index in [0.717, 1.165) is 15.1 Å². The predicted molar refractivity (Wildman–Crippen MR) is 90.1 cm³/mol. The second-order valence-electron chi connectivity index (χ2n) is 6.36. The van der Waals surface area contributed by atoms with Gasteiger partial charge in [0, 0.05) is 17.9 Å². The third-order valence-electron chi connectivity index (χ3n) is 3.49. The first-order chi connectivity index (χ1) is 10.6. The first kappa shape index (κ1) is 17.7. The molecule has 0 radical (unpaired) electrons. The lowest BCUT2D eigenvalue weighted by atomic mass is 10.1. The monoisotopic (exact) mass is 384 g/mol. The summed E-state index contributed by atoms with van der Waals surface area (Å²) in [5, 5.41) is 1.13. The standard InChI is InChI=1S/C16H21BrN2O4/c1-16(2,3)23-15(21)19-12-7-6-11(17)8-10(12)9-13(19)14(20)18(4)22-5/h6-8,13H,9H2,1-5H3/t13-/m0/s1. The quantitative estimate of drug-likeness (QED) is 0.734. The number of carbonyl (C=O) groups is 2. The first-order valence-electron chi connectivity index (χ1n) is 7.26. The lowest BCUT2D eigenvalue weighted by molar-refractivity contribution is -0.170. The second-order valence-corrected chi connectivity index (χ2v) is 7.28. The number of anilines is 1. The molecule has 0 saturated carbocycles. The SMILES string of the molecule is CON(C)C(=O)[C@@H]1Cc2cc(Br)ccc2N1C(=O)OC(C)(C)C. The normalized spacial score (nSPS) is 17.0. The Morgan fingerprint density at radius 2 is 2.00 bits per heavy atom. The predicted octanol–water partition coefficient (Wildman–Crippen LogP) is 3.14. The fraction of sp³-hybridized carbons (Fsp3) is 0.500. The smallest absolute Gasteiger partial charge is 0.415 e. The number of hydrogen-bond donors (Lipinski definition) is 0. The molecule has 126 valence electrons. The van der Waals surface area contributed by atoms with Crippen molar-refractivity contribution in [2.24, 2.45) is 0 Å². The first-order valence-corrected chi connectivity index (χ1v) is 8.05. The molecule has 1 aliphatic rings. The molecule has 0 fully saturated rings. The molecule has 0 N–H and O–H groups in total. The Bertz CT molecular complexity index is 627. The number of likely N-dealkylation sites (N-methyl/N-ethyl adjacent to an activating group) is 1. The molecule has 1 aromatic carbocycles. The minimum Gasteiger partial charge on any atom is -0.443 e. The number of hydrogen-bond acceptors (Lipinski definition) is 4. The van der Waals surface area contributed by atoms with Gasteiger partial charge in [-0.2, -0.15) is 0 Å². The van der Waals surface area contributed by atoms with Crippen molar-refractivity contribution in [1.82, 2.24) is 5.06 Å². The molecule has 2 amide bonds. The Balaban J connectivity index is 2.39. The van der Waals surface area contributed by atoms with E-state index in [1.54, 1.807) is 20.8 Å². The van der Waals surface area contributed by atoms with E-state index >= 15 is 0 Å². The van der Waals surface area contributed by atoms with Crippen molar-refractivity contribution < 1.29 is 19.2 Å². The molecule has 6 nitrogen and oxygen atoms in total. The average Bonchev–Trinajstić information content (AvgIpc) is 2.82. The van der Waals surface area contributed by atoms with E-state index in [1.165, 1.54) is 19.1 Å². The Morgan fingerprint density at radius 1 is 1.35 bits per heavy atom. The Kier molecular flexibility index (Phi) is 5.01. The van der Waals surface area contributed by atoms with Crippen LogP contribution in [0.2, 0.25) is 0 Å². The number of benzene rings is 1. The minimum atomic E-state index is -0.681. The molecule has 0 saturated heterocycles. The maximum Gasteiger partial charge on any atom is 0.415 e. The second kappa shape index (κ2) is 6.49. The van der Waals surface area contributed by atoms with E-state index in [4.69, 9.17) is 9.57 Å². The van der Waals surface area contributed by atoms with Gasteiger partial charge in [-0.25, -0.2) is 9.86 Å². The Morgan fingerprint density at radius 3 is 2.57 bits per heavy atom. The van der Waals surface area contributed by atoms with E-state index in [1.807, 2.05) is 18.2 Å². The fourth-order valence-electron chi connectivity index (χ4n) is 2.45. The molecule has 7 heteroatoms. The van der Waals surface area contributed by atoms with Crippen LogP contribution in [0.25, 0.3) is 0 Å². The Hall–Kier alpha value is -1.60. The van der Waals surface area contributed by atoms with Gasteiger partial charge in [0.05, 0.1) is 12.8 Å². The lowest BCUT2D eigenvalue weighted by Crippen LogP contribution is -2.49. The average molecular weight is 385 g/mol. The summed E-state index contributed by atoms with van der Waals surface area (Å²) >= 11 is 3.42. The van der Waals surface area contributed by atoms with E-state index in [-0.39, 0.29) is 5.91 Å². The van der Waals surface area contributed by atoms with Crippen molar-refractivity contribution in [3.63, 3.8) is 0 Å². The van der Waals surface area contributed by atoms with E-state index in [9.17, 15) is 9.59 Å². The van der Waals surface area contributed by atoms with Crippen LogP contribution in [0.1, 0.15) is 26.3 Å². The molecule has 0 aromatic heterocycles. The molecule has 0 unspecified atom stereocenters. The number of fused-ring (bicyclic) bond motifs is 1. The molecule has 0 spiro atoms. The fourth-order valence-corrected chi connectivity index (χ4v) is 2.86. The van der Waals surface area contributed by atoms with Crippen molar-refractivity contribution in [3.05, 3.63) is 28.2 Å². The van der Waals surface area contributed by atoms with Crippen LogP contribution in [0.5, 0.6) is 0 Å². The number of nitrogens with zero attached hydrogens (tertiary/aromatic N) is 2. The van der Waals surface area contributed by atoms with Gasteiger partial charge in [-0.3, -0.25) is 14.5 Å². The number of ether oxygens (including phenoxy) is 1. The minimum absolute atomic E-state index is 0.300. The van der Waals surface area contributed by atoms with Crippen LogP contribution in [-0.4, -0.2) is 42.9 Å². The van der Waals surface area contributed by atoms with Gasteiger partial charge in [0.15, 0.2) is 0 Å². The molecule has 1 aliphatic heterocycles. The molecule has 2 rings (SSSR count). The van der Waals surface area contributed by atoms with Crippen LogP contribution in [0.15, 0.2) is 22.7 Å². The summed E-state index contributed by atoms with van der Waals surface area (Å²) in [4.78, 5) is 31.5. The van der Waals surface area contributed by atoms with Gasteiger partial charge in [-0.15, -0.1) is 0 Å². The molecule has 0 bridgehead atoms. The maximum atomic E-state index is 12.6. The van der Waals surface area contributed by atoms with Crippen molar-refractivity contribution in [1.29, 1.82) is 0 Å². The van der Waals surface area contributed by atoms with Crippen LogP contribution >= 0.6 is 15.9 Å². The van der Waals surface area contributed by atoms with Gasteiger partial charge in [0.25, 0.3) is 5.91 Å². The lowest BCUT2D eigenvalue weighted by Gasteiger charge is -2.29. The zero-order chi connectivity index (χ0) is 17.4. The van der Waals surface area contributed by atoms with E-state index in [0.29, 0.717) is 12.1 Å². The highest BCUT2D eigenvalue weighted by Crippen LogP contribution is 2.36. The third kappa shape index (κ3) is 3.84. The third-order valence-corrected chi connectivity index (χ3v) is 3.98. The number of hydroxylamine groups is 2. The summed E-state index contributed by atoms with van der Waals surface area (Å²) in [6.07, 6.45) is -0.123. The summed E-state index contributed by atoms with van der Waals surface area (Å²) in [7, 11) is 2.93. The van der Waals surface area contributed by atoms with Crippen molar-refractivity contribution in [2.75, 3.05) is 19.1 Å². The number of amides is 2. The van der Waals surface area contributed by atoms with Gasteiger partial charge in [-0.1, -0.05) is 15.9 Å². The van der Waals surface area contributed by atoms with Gasteiger partial charge in [0.2, 0.25) is 0 Å². The highest BCUT2D eigenvalue weighted by atomic mass is 79.9. The van der Waals surface area contributed by atoms with Gasteiger partial charge in [0.1, 0.15) is 11.6 Å². The van der Waals surface area contributed by atoms with Gasteiger partial charge < -0.3 is 4.74 Å². The molecular weight excluding hydrogens is 364 g/mol. The highest BCUT2D eigenvalue weighted by Gasteiger charge is 2.41. The molecule has 1 aromatic rings. The van der Waals surface area contributed by atoms with Crippen LogP contribution in [0.4, 0.5) is 10.5 Å². The maximum absolute atomic E-state index is 12.6. The zero-order valence-electron chi connectivity index (χ0n) is 13.9. The van der Waals surface area contributed by atoms with Crippen LogP contribution in [-0.2, 0) is 20.8 Å². The molecule has 1 atom stereocenters. The summed E-state index contributed by atoms with van der Waals surface area (Å²) in [6.45, 7) is 5.38. The van der Waals surface area contributed by atoms with E-state index < -0.39 is 17.7 Å². The molecular formula is C16H21BrN2O4. The summed E-state index contributed by atoms with van der Waals surface area (Å²) in [5.41, 5.74) is 0.953. The van der Waals surface area contributed by atoms with Crippen molar-refractivity contribution in [3.8, 4) is 0 Å². The Labute approximate surface area is 144 Å². The summed E-state index contributed by atoms with van der Waals surface area (Å²) in [5.74, 6) is -0.300. The highest BCUT2D eigenvalue weighted by molar-refractivity contribution is 9.10. The number of carbonyl (C=O) groups excluding carboxylic acids is 2. The van der Waals surface area contributed by atoms with Crippen LogP contribution < -0.4 is 4.90 Å². The van der Waals surface area contributed by atoms with Crippen LogP contribution in [0.3, 0.4) is 0 Å².